The first kappa shape index (κ1) is 20.8. The van der Waals surface area contributed by atoms with E-state index in [-0.39, 0.29) is 18.1 Å². The number of thioether (sulfide) groups is 1. The first-order chi connectivity index (χ1) is 12.8. The maximum Gasteiger partial charge on any atom is 0.311 e. The summed E-state index contributed by atoms with van der Waals surface area (Å²) in [5.74, 6) is -1.76. The Bertz CT molecular complexity index is 858. The second-order valence-electron chi connectivity index (χ2n) is 5.26. The van der Waals surface area contributed by atoms with Gasteiger partial charge in [-0.15, -0.1) is 11.3 Å². The minimum absolute atomic E-state index is 0.0602. The van der Waals surface area contributed by atoms with Crippen molar-refractivity contribution < 1.29 is 23.6 Å². The molecule has 11 heteroatoms. The largest absolute Gasteiger partial charge is 0.466 e. The van der Waals surface area contributed by atoms with Gasteiger partial charge < -0.3 is 10.1 Å². The van der Waals surface area contributed by atoms with Crippen LogP contribution in [0.25, 0.3) is 0 Å². The van der Waals surface area contributed by atoms with Crippen molar-refractivity contribution in [3.63, 3.8) is 0 Å². The molecule has 1 aromatic heterocycles. The van der Waals surface area contributed by atoms with E-state index < -0.39 is 27.6 Å². The predicted octanol–water partition coefficient (Wildman–Crippen LogP) is 3.42. The fourth-order valence-corrected chi connectivity index (χ4v) is 3.94. The van der Waals surface area contributed by atoms with Crippen LogP contribution in [0.2, 0.25) is 0 Å². The highest BCUT2D eigenvalue weighted by molar-refractivity contribution is 8.02. The summed E-state index contributed by atoms with van der Waals surface area (Å²) in [6.45, 7) is 3.66. The molecule has 27 heavy (non-hydrogen) atoms. The number of anilines is 1. The third kappa shape index (κ3) is 6.00. The molecule has 2 aromatic rings. The number of amides is 1. The van der Waals surface area contributed by atoms with Gasteiger partial charge in [-0.3, -0.25) is 19.7 Å². The quantitative estimate of drug-likeness (QED) is 0.305. The molecule has 0 aliphatic rings. The molecule has 0 aliphatic carbocycles. The molecule has 2 rings (SSSR count). The van der Waals surface area contributed by atoms with Crippen LogP contribution < -0.4 is 5.32 Å². The molecule has 0 saturated carbocycles. The topological polar surface area (TPSA) is 111 Å². The molecule has 0 aliphatic heterocycles. The summed E-state index contributed by atoms with van der Waals surface area (Å²) in [5.41, 5.74) is -0.0259. The van der Waals surface area contributed by atoms with Crippen LogP contribution >= 0.6 is 23.1 Å². The summed E-state index contributed by atoms with van der Waals surface area (Å²) in [6, 6.07) is 3.14. The summed E-state index contributed by atoms with van der Waals surface area (Å²) >= 11 is 2.48. The SMILES string of the molecule is CCOC(=O)Cc1csc(S[C@@H](C)C(=O)Nc2ccc(F)c([N+](=O)[O-])c2)n1. The van der Waals surface area contributed by atoms with E-state index in [2.05, 4.69) is 10.3 Å². The first-order valence-corrected chi connectivity index (χ1v) is 9.57. The third-order valence-corrected chi connectivity index (χ3v) is 5.34. The van der Waals surface area contributed by atoms with E-state index in [1.165, 1.54) is 29.2 Å². The van der Waals surface area contributed by atoms with E-state index in [1.807, 2.05) is 0 Å². The lowest BCUT2D eigenvalue weighted by atomic mass is 10.2. The van der Waals surface area contributed by atoms with Gasteiger partial charge in [-0.1, -0.05) is 11.8 Å². The Hall–Kier alpha value is -2.53. The lowest BCUT2D eigenvalue weighted by molar-refractivity contribution is -0.387. The zero-order valence-corrected chi connectivity index (χ0v) is 16.1. The number of hydrogen-bond acceptors (Lipinski definition) is 8. The van der Waals surface area contributed by atoms with Gasteiger partial charge in [0.15, 0.2) is 4.34 Å². The average molecular weight is 413 g/mol. The maximum atomic E-state index is 13.3. The summed E-state index contributed by atoms with van der Waals surface area (Å²) in [5, 5.41) is 14.4. The number of nitro groups is 1. The summed E-state index contributed by atoms with van der Waals surface area (Å²) in [6.07, 6.45) is 0.0602. The van der Waals surface area contributed by atoms with E-state index in [4.69, 9.17) is 4.74 Å². The number of hydrogen-bond donors (Lipinski definition) is 1. The minimum atomic E-state index is -0.975. The molecule has 0 fully saturated rings. The van der Waals surface area contributed by atoms with Gasteiger partial charge in [-0.25, -0.2) is 4.98 Å². The Kier molecular flexibility index (Phi) is 7.25. The molecular formula is C16H16FN3O5S2. The normalized spacial score (nSPS) is 11.7. The number of carbonyl (C=O) groups is 2. The Balaban J connectivity index is 1.96. The second kappa shape index (κ2) is 9.42. The monoisotopic (exact) mass is 413 g/mol. The van der Waals surface area contributed by atoms with Gasteiger partial charge >= 0.3 is 11.7 Å². The molecule has 0 unspecified atom stereocenters. The lowest BCUT2D eigenvalue weighted by Crippen LogP contribution is -2.22. The highest BCUT2D eigenvalue weighted by Crippen LogP contribution is 2.28. The Morgan fingerprint density at radius 1 is 1.48 bits per heavy atom. The number of esters is 1. The Morgan fingerprint density at radius 3 is 2.89 bits per heavy atom. The van der Waals surface area contributed by atoms with E-state index in [1.54, 1.807) is 19.2 Å². The molecule has 1 N–H and O–H groups in total. The van der Waals surface area contributed by atoms with Crippen LogP contribution in [0.15, 0.2) is 27.9 Å². The second-order valence-corrected chi connectivity index (χ2v) is 7.71. The van der Waals surface area contributed by atoms with Crippen LogP contribution in [-0.4, -0.2) is 33.6 Å². The maximum absolute atomic E-state index is 13.3. The fraction of sp³-hybridized carbons (Fsp3) is 0.312. The number of nitro benzene ring substituents is 1. The van der Waals surface area contributed by atoms with Crippen molar-refractivity contribution >= 4 is 46.3 Å². The van der Waals surface area contributed by atoms with Crippen molar-refractivity contribution in [3.05, 3.63) is 45.2 Å². The zero-order valence-electron chi connectivity index (χ0n) is 14.4. The standard InChI is InChI=1S/C16H16FN3O5S2/c1-3-25-14(21)7-11-8-26-16(19-11)27-9(2)15(22)18-10-4-5-12(17)13(6-10)20(23)24/h4-6,8-9H,3,7H2,1-2H3,(H,18,22)/t9-/m0/s1. The van der Waals surface area contributed by atoms with Crippen molar-refractivity contribution in [1.29, 1.82) is 0 Å². The summed E-state index contributed by atoms with van der Waals surface area (Å²) in [4.78, 5) is 37.9. The van der Waals surface area contributed by atoms with Crippen molar-refractivity contribution in [3.8, 4) is 0 Å². The molecule has 1 aromatic carbocycles. The third-order valence-electron chi connectivity index (χ3n) is 3.22. The van der Waals surface area contributed by atoms with E-state index in [9.17, 15) is 24.1 Å². The lowest BCUT2D eigenvalue weighted by Gasteiger charge is -2.10. The molecule has 0 bridgehead atoms. The van der Waals surface area contributed by atoms with Crippen LogP contribution in [0.1, 0.15) is 19.5 Å². The number of halogens is 1. The summed E-state index contributed by atoms with van der Waals surface area (Å²) in [7, 11) is 0. The van der Waals surface area contributed by atoms with Gasteiger partial charge in [0.2, 0.25) is 11.7 Å². The van der Waals surface area contributed by atoms with Crippen LogP contribution in [0.5, 0.6) is 0 Å². The van der Waals surface area contributed by atoms with Gasteiger partial charge in [0.25, 0.3) is 0 Å². The average Bonchev–Trinajstić information content (AvgIpc) is 3.03. The predicted molar refractivity (Wildman–Crippen MR) is 99.5 cm³/mol. The van der Waals surface area contributed by atoms with Crippen LogP contribution in [-0.2, 0) is 20.7 Å². The number of nitrogens with one attached hydrogen (secondary N) is 1. The number of thiazole rings is 1. The number of rotatable bonds is 8. The van der Waals surface area contributed by atoms with E-state index in [0.717, 1.165) is 12.1 Å². The Labute approximate surface area is 162 Å². The number of nitrogens with zero attached hydrogens (tertiary/aromatic N) is 2. The first-order valence-electron chi connectivity index (χ1n) is 7.81. The molecule has 0 spiro atoms. The van der Waals surface area contributed by atoms with Crippen molar-refractivity contribution in [2.75, 3.05) is 11.9 Å². The van der Waals surface area contributed by atoms with Crippen molar-refractivity contribution in [2.45, 2.75) is 29.9 Å². The van der Waals surface area contributed by atoms with Crippen LogP contribution in [0.3, 0.4) is 0 Å². The van der Waals surface area contributed by atoms with Crippen molar-refractivity contribution in [2.24, 2.45) is 0 Å². The summed E-state index contributed by atoms with van der Waals surface area (Å²) < 4.78 is 18.8. The molecule has 1 amide bonds. The molecule has 8 nitrogen and oxygen atoms in total. The van der Waals surface area contributed by atoms with Gasteiger partial charge in [-0.05, 0) is 26.0 Å². The number of ether oxygens (including phenoxy) is 1. The molecular weight excluding hydrogens is 397 g/mol. The Morgan fingerprint density at radius 2 is 2.22 bits per heavy atom. The molecule has 0 radical (unpaired) electrons. The van der Waals surface area contributed by atoms with E-state index in [0.29, 0.717) is 16.6 Å². The number of carbonyl (C=O) groups excluding carboxylic acids is 2. The van der Waals surface area contributed by atoms with Gasteiger partial charge in [0.05, 0.1) is 28.9 Å². The van der Waals surface area contributed by atoms with Crippen molar-refractivity contribution in [1.82, 2.24) is 4.98 Å². The number of benzene rings is 1. The molecule has 0 saturated heterocycles. The smallest absolute Gasteiger partial charge is 0.311 e. The minimum Gasteiger partial charge on any atom is -0.466 e. The molecule has 1 atom stereocenters. The molecule has 144 valence electrons. The van der Waals surface area contributed by atoms with Crippen LogP contribution in [0, 0.1) is 15.9 Å². The number of aromatic nitrogens is 1. The highest BCUT2D eigenvalue weighted by atomic mass is 32.2. The fourth-order valence-electron chi connectivity index (χ4n) is 1.96. The highest BCUT2D eigenvalue weighted by Gasteiger charge is 2.20. The van der Waals surface area contributed by atoms with E-state index >= 15 is 0 Å². The molecule has 1 heterocycles. The zero-order chi connectivity index (χ0) is 20.0. The van der Waals surface area contributed by atoms with Crippen LogP contribution in [0.4, 0.5) is 15.8 Å². The van der Waals surface area contributed by atoms with Gasteiger partial charge in [0.1, 0.15) is 0 Å². The van der Waals surface area contributed by atoms with Gasteiger partial charge in [-0.2, -0.15) is 4.39 Å². The van der Waals surface area contributed by atoms with Gasteiger partial charge in [0, 0.05) is 17.1 Å².